The molecule has 0 aliphatic carbocycles. The zero-order valence-corrected chi connectivity index (χ0v) is 23.2. The maximum Gasteiger partial charge on any atom is 0.255 e. The van der Waals surface area contributed by atoms with E-state index in [-0.39, 0.29) is 23.2 Å². The van der Waals surface area contributed by atoms with E-state index >= 15 is 0 Å². The van der Waals surface area contributed by atoms with Gasteiger partial charge in [0, 0.05) is 30.6 Å². The molecule has 0 spiro atoms. The van der Waals surface area contributed by atoms with Gasteiger partial charge in [-0.2, -0.15) is 4.98 Å². The lowest BCUT2D eigenvalue weighted by molar-refractivity contribution is 0.0948. The van der Waals surface area contributed by atoms with E-state index in [0.29, 0.717) is 34.3 Å². The SMILES string of the molecule is COc1cc(S(C)(=O)=O)ccc1Nc1nc2ccc(-c3ccc(C(=O)NCc4ccc(F)cc4)c(OC)c3)cn2n1. The third-order valence-corrected chi connectivity index (χ3v) is 7.43. The smallest absolute Gasteiger partial charge is 0.255 e. The summed E-state index contributed by atoms with van der Waals surface area (Å²) < 4.78 is 49.4. The molecule has 10 nitrogen and oxygen atoms in total. The topological polar surface area (TPSA) is 124 Å². The lowest BCUT2D eigenvalue weighted by atomic mass is 10.0. The highest BCUT2D eigenvalue weighted by atomic mass is 32.2. The highest BCUT2D eigenvalue weighted by Crippen LogP contribution is 2.31. The number of pyridine rings is 1. The summed E-state index contributed by atoms with van der Waals surface area (Å²) in [5, 5.41) is 10.4. The number of benzene rings is 3. The summed E-state index contributed by atoms with van der Waals surface area (Å²) in [6.45, 7) is 0.247. The van der Waals surface area contributed by atoms with E-state index < -0.39 is 9.84 Å². The Morgan fingerprint density at radius 2 is 1.66 bits per heavy atom. The Labute approximate surface area is 235 Å². The molecule has 41 heavy (non-hydrogen) atoms. The molecule has 2 aromatic heterocycles. The number of ether oxygens (including phenoxy) is 2. The Bertz CT molecular complexity index is 1860. The summed E-state index contributed by atoms with van der Waals surface area (Å²) in [6, 6.07) is 19.3. The molecule has 0 unspecified atom stereocenters. The van der Waals surface area contributed by atoms with Gasteiger partial charge in [-0.25, -0.2) is 17.3 Å². The molecular weight excluding hydrogens is 549 g/mol. The fraction of sp³-hybridized carbons (Fsp3) is 0.138. The van der Waals surface area contributed by atoms with Crippen LogP contribution in [0, 0.1) is 5.82 Å². The molecule has 2 heterocycles. The molecule has 2 N–H and O–H groups in total. The molecule has 0 atom stereocenters. The summed E-state index contributed by atoms with van der Waals surface area (Å²) >= 11 is 0. The Kier molecular flexibility index (Phi) is 7.58. The minimum absolute atomic E-state index is 0.138. The maximum absolute atomic E-state index is 13.1. The third kappa shape index (κ3) is 6.12. The van der Waals surface area contributed by atoms with Crippen LogP contribution in [0.15, 0.2) is 83.9 Å². The zero-order chi connectivity index (χ0) is 29.1. The quantitative estimate of drug-likeness (QED) is 0.261. The number of hydrogen-bond donors (Lipinski definition) is 2. The summed E-state index contributed by atoms with van der Waals surface area (Å²) in [7, 11) is -0.451. The van der Waals surface area contributed by atoms with Crippen LogP contribution >= 0.6 is 0 Å². The molecule has 12 heteroatoms. The normalized spacial score (nSPS) is 11.3. The summed E-state index contributed by atoms with van der Waals surface area (Å²) in [6.07, 6.45) is 2.92. The number of carbonyl (C=O) groups excluding carboxylic acids is 1. The number of halogens is 1. The Morgan fingerprint density at radius 3 is 2.37 bits per heavy atom. The number of aromatic nitrogens is 3. The fourth-order valence-corrected chi connectivity index (χ4v) is 4.81. The number of methoxy groups -OCH3 is 2. The van der Waals surface area contributed by atoms with Gasteiger partial charge in [0.1, 0.15) is 17.3 Å². The van der Waals surface area contributed by atoms with Gasteiger partial charge < -0.3 is 20.1 Å². The number of rotatable bonds is 9. The number of carbonyl (C=O) groups is 1. The van der Waals surface area contributed by atoms with Crippen molar-refractivity contribution in [1.82, 2.24) is 19.9 Å². The van der Waals surface area contributed by atoms with Gasteiger partial charge in [-0.05, 0) is 59.7 Å². The van der Waals surface area contributed by atoms with E-state index in [1.54, 1.807) is 53.2 Å². The van der Waals surface area contributed by atoms with Crippen molar-refractivity contribution in [1.29, 1.82) is 0 Å². The number of amides is 1. The highest BCUT2D eigenvalue weighted by Gasteiger charge is 2.16. The molecule has 0 fully saturated rings. The number of fused-ring (bicyclic) bond motifs is 1. The first kappa shape index (κ1) is 27.6. The first-order valence-electron chi connectivity index (χ1n) is 12.4. The molecule has 0 radical (unpaired) electrons. The van der Waals surface area contributed by atoms with Gasteiger partial charge in [0.15, 0.2) is 15.5 Å². The molecule has 210 valence electrons. The second-order valence-electron chi connectivity index (χ2n) is 9.14. The molecule has 0 aliphatic rings. The van der Waals surface area contributed by atoms with Crippen LogP contribution in [0.3, 0.4) is 0 Å². The summed E-state index contributed by atoms with van der Waals surface area (Å²) in [5.41, 5.74) is 3.82. The number of nitrogens with one attached hydrogen (secondary N) is 2. The summed E-state index contributed by atoms with van der Waals surface area (Å²) in [4.78, 5) is 17.4. The highest BCUT2D eigenvalue weighted by molar-refractivity contribution is 7.90. The van der Waals surface area contributed by atoms with Crippen LogP contribution < -0.4 is 20.1 Å². The van der Waals surface area contributed by atoms with Crippen LogP contribution in [-0.4, -0.2) is 49.4 Å². The number of anilines is 2. The first-order valence-corrected chi connectivity index (χ1v) is 14.3. The van der Waals surface area contributed by atoms with Crippen molar-refractivity contribution in [2.24, 2.45) is 0 Å². The minimum atomic E-state index is -3.39. The standard InChI is InChI=1S/C29H26FN5O5S/c1-39-25-14-19(6-11-23(25)28(36)31-16-18-4-8-21(30)9-5-18)20-7-13-27-33-29(34-35(27)17-20)32-24-12-10-22(41(3,37)38)15-26(24)40-2/h4-15,17H,16H2,1-3H3,(H,31,36)(H,32,34). The van der Waals surface area contributed by atoms with Crippen molar-refractivity contribution in [3.8, 4) is 22.6 Å². The number of sulfone groups is 1. The van der Waals surface area contributed by atoms with Crippen molar-refractivity contribution in [3.63, 3.8) is 0 Å². The van der Waals surface area contributed by atoms with Crippen LogP contribution in [0.4, 0.5) is 16.0 Å². The Balaban J connectivity index is 1.35. The van der Waals surface area contributed by atoms with Gasteiger partial charge in [0.05, 0.1) is 30.4 Å². The predicted octanol–water partition coefficient (Wildman–Crippen LogP) is 4.63. The second kappa shape index (κ2) is 11.3. The molecule has 0 saturated carbocycles. The average molecular weight is 576 g/mol. The molecular formula is C29H26FN5O5S. The van der Waals surface area contributed by atoms with Crippen LogP contribution in [0.25, 0.3) is 16.8 Å². The van der Waals surface area contributed by atoms with E-state index in [4.69, 9.17) is 9.47 Å². The molecule has 0 bridgehead atoms. The van der Waals surface area contributed by atoms with E-state index in [0.717, 1.165) is 22.9 Å². The van der Waals surface area contributed by atoms with Crippen LogP contribution in [-0.2, 0) is 16.4 Å². The molecule has 1 amide bonds. The van der Waals surface area contributed by atoms with E-state index in [1.165, 1.54) is 38.5 Å². The molecule has 0 aliphatic heterocycles. The zero-order valence-electron chi connectivity index (χ0n) is 22.4. The van der Waals surface area contributed by atoms with Crippen molar-refractivity contribution < 1.29 is 27.1 Å². The van der Waals surface area contributed by atoms with E-state index in [9.17, 15) is 17.6 Å². The van der Waals surface area contributed by atoms with Crippen molar-refractivity contribution in [2.45, 2.75) is 11.4 Å². The average Bonchev–Trinajstić information content (AvgIpc) is 3.37. The predicted molar refractivity (Wildman–Crippen MR) is 152 cm³/mol. The van der Waals surface area contributed by atoms with Crippen LogP contribution in [0.2, 0.25) is 0 Å². The maximum atomic E-state index is 13.1. The van der Waals surface area contributed by atoms with Crippen molar-refractivity contribution in [3.05, 3.63) is 95.9 Å². The Hall–Kier alpha value is -4.97. The lowest BCUT2D eigenvalue weighted by Crippen LogP contribution is -2.23. The third-order valence-electron chi connectivity index (χ3n) is 6.32. The van der Waals surface area contributed by atoms with Gasteiger partial charge in [-0.15, -0.1) is 5.10 Å². The number of nitrogens with zero attached hydrogens (tertiary/aromatic N) is 3. The minimum Gasteiger partial charge on any atom is -0.496 e. The fourth-order valence-electron chi connectivity index (χ4n) is 4.17. The second-order valence-corrected chi connectivity index (χ2v) is 11.2. The largest absolute Gasteiger partial charge is 0.496 e. The van der Waals surface area contributed by atoms with Gasteiger partial charge in [0.25, 0.3) is 5.91 Å². The summed E-state index contributed by atoms with van der Waals surface area (Å²) in [5.74, 6) is 0.361. The monoisotopic (exact) mass is 575 g/mol. The number of hydrogen-bond acceptors (Lipinski definition) is 8. The van der Waals surface area contributed by atoms with Gasteiger partial charge >= 0.3 is 0 Å². The van der Waals surface area contributed by atoms with Crippen LogP contribution in [0.1, 0.15) is 15.9 Å². The van der Waals surface area contributed by atoms with Gasteiger partial charge in [0.2, 0.25) is 5.95 Å². The molecule has 5 rings (SSSR count). The van der Waals surface area contributed by atoms with Crippen molar-refractivity contribution >= 4 is 33.0 Å². The van der Waals surface area contributed by atoms with Crippen molar-refractivity contribution in [2.75, 3.05) is 25.8 Å². The first-order chi connectivity index (χ1) is 19.6. The lowest BCUT2D eigenvalue weighted by Gasteiger charge is -2.12. The van der Waals surface area contributed by atoms with Crippen LogP contribution in [0.5, 0.6) is 11.5 Å². The molecule has 0 saturated heterocycles. The van der Waals surface area contributed by atoms with Gasteiger partial charge in [-0.1, -0.05) is 18.2 Å². The molecule has 5 aromatic rings. The van der Waals surface area contributed by atoms with E-state index in [1.807, 2.05) is 6.07 Å². The van der Waals surface area contributed by atoms with E-state index in [2.05, 4.69) is 20.7 Å². The van der Waals surface area contributed by atoms with Gasteiger partial charge in [-0.3, -0.25) is 4.79 Å². The Morgan fingerprint density at radius 1 is 0.927 bits per heavy atom. The molecule has 3 aromatic carbocycles.